The van der Waals surface area contributed by atoms with Gasteiger partial charge in [-0.05, 0) is 12.2 Å². The fourth-order valence-corrected chi connectivity index (χ4v) is 4.15. The maximum absolute atomic E-state index is 11.9. The lowest BCUT2D eigenvalue weighted by Crippen LogP contribution is -2.39. The number of carbonyl (C=O) groups is 2. The van der Waals surface area contributed by atoms with Crippen molar-refractivity contribution in [3.05, 3.63) is 0 Å². The standard InChI is InChI=1S/C12H20N4O2S3/c1-4-6-13-9(17)7-16(3)10(18)8-20-12-15-14-11(21-12)19-5-2/h4-8H2,1-3H3,(H,13,17). The SMILES string of the molecule is CCCNC(=O)CN(C)C(=O)CSc1nnc(SCC)s1. The molecule has 0 spiro atoms. The van der Waals surface area contributed by atoms with E-state index in [9.17, 15) is 9.59 Å². The van der Waals surface area contributed by atoms with E-state index in [1.807, 2.05) is 6.92 Å². The Labute approximate surface area is 137 Å². The molecule has 118 valence electrons. The van der Waals surface area contributed by atoms with Gasteiger partial charge in [-0.2, -0.15) is 0 Å². The average molecular weight is 349 g/mol. The number of aromatic nitrogens is 2. The highest BCUT2D eigenvalue weighted by Crippen LogP contribution is 2.28. The van der Waals surface area contributed by atoms with Gasteiger partial charge in [-0.15, -0.1) is 10.2 Å². The van der Waals surface area contributed by atoms with Crippen LogP contribution in [0.5, 0.6) is 0 Å². The molecule has 0 unspecified atom stereocenters. The molecule has 6 nitrogen and oxygen atoms in total. The number of carbonyl (C=O) groups excluding carboxylic acids is 2. The Balaban J connectivity index is 2.32. The molecule has 0 aliphatic carbocycles. The molecule has 21 heavy (non-hydrogen) atoms. The molecule has 0 bridgehead atoms. The monoisotopic (exact) mass is 348 g/mol. The highest BCUT2D eigenvalue weighted by molar-refractivity contribution is 8.03. The number of thioether (sulfide) groups is 2. The van der Waals surface area contributed by atoms with Crippen LogP contribution in [0.1, 0.15) is 20.3 Å². The van der Waals surface area contributed by atoms with E-state index in [0.29, 0.717) is 6.54 Å². The topological polar surface area (TPSA) is 75.2 Å². The Bertz CT molecular complexity index is 467. The summed E-state index contributed by atoms with van der Waals surface area (Å²) in [6.45, 7) is 4.77. The van der Waals surface area contributed by atoms with Gasteiger partial charge in [0.25, 0.3) is 0 Å². The van der Waals surface area contributed by atoms with E-state index in [4.69, 9.17) is 0 Å². The third kappa shape index (κ3) is 7.14. The first-order valence-electron chi connectivity index (χ1n) is 6.66. The highest BCUT2D eigenvalue weighted by Gasteiger charge is 2.14. The summed E-state index contributed by atoms with van der Waals surface area (Å²) in [5, 5.41) is 10.8. The number of nitrogens with one attached hydrogen (secondary N) is 1. The second kappa shape index (κ2) is 10.0. The third-order valence-electron chi connectivity index (χ3n) is 2.35. The minimum atomic E-state index is -0.129. The minimum Gasteiger partial charge on any atom is -0.355 e. The lowest BCUT2D eigenvalue weighted by Gasteiger charge is -2.16. The van der Waals surface area contributed by atoms with Crippen molar-refractivity contribution in [3.8, 4) is 0 Å². The van der Waals surface area contributed by atoms with Gasteiger partial charge in [0, 0.05) is 13.6 Å². The van der Waals surface area contributed by atoms with E-state index in [1.165, 1.54) is 28.0 Å². The normalized spacial score (nSPS) is 10.4. The Kier molecular flexibility index (Phi) is 8.70. The van der Waals surface area contributed by atoms with Crippen LogP contribution in [0.2, 0.25) is 0 Å². The summed E-state index contributed by atoms with van der Waals surface area (Å²) in [6.07, 6.45) is 0.883. The van der Waals surface area contributed by atoms with Crippen molar-refractivity contribution in [2.75, 3.05) is 31.6 Å². The summed E-state index contributed by atoms with van der Waals surface area (Å²) in [5.74, 6) is 0.999. The Morgan fingerprint density at radius 1 is 1.24 bits per heavy atom. The zero-order valence-electron chi connectivity index (χ0n) is 12.4. The number of likely N-dealkylation sites (N-methyl/N-ethyl adjacent to an activating group) is 1. The third-order valence-corrected chi connectivity index (χ3v) is 5.41. The molecule has 2 amide bonds. The lowest BCUT2D eigenvalue weighted by atomic mass is 10.4. The van der Waals surface area contributed by atoms with Gasteiger partial charge in [0.05, 0.1) is 12.3 Å². The van der Waals surface area contributed by atoms with Gasteiger partial charge in [-0.25, -0.2) is 0 Å². The molecule has 1 N–H and O–H groups in total. The van der Waals surface area contributed by atoms with Gasteiger partial charge in [0.2, 0.25) is 11.8 Å². The summed E-state index contributed by atoms with van der Waals surface area (Å²) < 4.78 is 1.70. The van der Waals surface area contributed by atoms with Crippen molar-refractivity contribution in [1.29, 1.82) is 0 Å². The fraction of sp³-hybridized carbons (Fsp3) is 0.667. The Hall–Kier alpha value is -0.800. The van der Waals surface area contributed by atoms with Crippen LogP contribution in [0.3, 0.4) is 0 Å². The summed E-state index contributed by atoms with van der Waals surface area (Å²) >= 11 is 4.48. The van der Waals surface area contributed by atoms with Crippen LogP contribution in [-0.2, 0) is 9.59 Å². The zero-order chi connectivity index (χ0) is 15.7. The molecule has 0 radical (unpaired) electrons. The van der Waals surface area contributed by atoms with Crippen LogP contribution in [0.25, 0.3) is 0 Å². The maximum atomic E-state index is 11.9. The van der Waals surface area contributed by atoms with E-state index in [-0.39, 0.29) is 24.1 Å². The summed E-state index contributed by atoms with van der Waals surface area (Å²) in [4.78, 5) is 24.9. The number of nitrogens with zero attached hydrogens (tertiary/aromatic N) is 3. The molecule has 1 rings (SSSR count). The summed E-state index contributed by atoms with van der Waals surface area (Å²) in [7, 11) is 1.63. The van der Waals surface area contributed by atoms with E-state index in [2.05, 4.69) is 22.4 Å². The largest absolute Gasteiger partial charge is 0.355 e. The first-order chi connectivity index (χ1) is 10.1. The van der Waals surface area contributed by atoms with Crippen LogP contribution in [0, 0.1) is 0 Å². The van der Waals surface area contributed by atoms with Gasteiger partial charge in [0.15, 0.2) is 8.68 Å². The fourth-order valence-electron chi connectivity index (χ4n) is 1.29. The van der Waals surface area contributed by atoms with Crippen LogP contribution in [-0.4, -0.2) is 58.6 Å². The van der Waals surface area contributed by atoms with Crippen molar-refractivity contribution in [1.82, 2.24) is 20.4 Å². The van der Waals surface area contributed by atoms with Gasteiger partial charge >= 0.3 is 0 Å². The quantitative estimate of drug-likeness (QED) is 0.685. The highest BCUT2D eigenvalue weighted by atomic mass is 32.2. The molecule has 1 aromatic heterocycles. The van der Waals surface area contributed by atoms with Crippen molar-refractivity contribution >= 4 is 46.7 Å². The predicted octanol–water partition coefficient (Wildman–Crippen LogP) is 1.73. The van der Waals surface area contributed by atoms with Gasteiger partial charge in [0.1, 0.15) is 0 Å². The van der Waals surface area contributed by atoms with E-state index in [1.54, 1.807) is 18.8 Å². The second-order valence-corrected chi connectivity index (χ2v) is 7.87. The zero-order valence-corrected chi connectivity index (χ0v) is 14.9. The number of hydrogen-bond donors (Lipinski definition) is 1. The van der Waals surface area contributed by atoms with E-state index < -0.39 is 0 Å². The molecule has 1 heterocycles. The first kappa shape index (κ1) is 18.2. The molecule has 9 heteroatoms. The molecule has 0 aliphatic heterocycles. The lowest BCUT2D eigenvalue weighted by molar-refractivity contribution is -0.132. The first-order valence-corrected chi connectivity index (χ1v) is 9.45. The van der Waals surface area contributed by atoms with Crippen molar-refractivity contribution in [2.24, 2.45) is 0 Å². The van der Waals surface area contributed by atoms with Gasteiger partial charge < -0.3 is 10.2 Å². The number of hydrogen-bond acceptors (Lipinski definition) is 7. The van der Waals surface area contributed by atoms with E-state index in [0.717, 1.165) is 20.9 Å². The molecule has 0 saturated heterocycles. The maximum Gasteiger partial charge on any atom is 0.239 e. The van der Waals surface area contributed by atoms with Crippen LogP contribution >= 0.6 is 34.9 Å². The van der Waals surface area contributed by atoms with Crippen molar-refractivity contribution in [2.45, 2.75) is 28.9 Å². The molecule has 0 aliphatic rings. The van der Waals surface area contributed by atoms with Crippen LogP contribution in [0.4, 0.5) is 0 Å². The van der Waals surface area contributed by atoms with Gasteiger partial charge in [-0.1, -0.05) is 48.7 Å². The van der Waals surface area contributed by atoms with Gasteiger partial charge in [-0.3, -0.25) is 9.59 Å². The van der Waals surface area contributed by atoms with Crippen molar-refractivity contribution < 1.29 is 9.59 Å². The number of amides is 2. The van der Waals surface area contributed by atoms with Crippen LogP contribution < -0.4 is 5.32 Å². The smallest absolute Gasteiger partial charge is 0.239 e. The molecule has 0 saturated carbocycles. The summed E-state index contributed by atoms with van der Waals surface area (Å²) in [6, 6.07) is 0. The van der Waals surface area contributed by atoms with Crippen LogP contribution in [0.15, 0.2) is 8.68 Å². The Morgan fingerprint density at radius 3 is 2.52 bits per heavy atom. The van der Waals surface area contributed by atoms with Crippen molar-refractivity contribution in [3.63, 3.8) is 0 Å². The average Bonchev–Trinajstić information content (AvgIpc) is 2.90. The second-order valence-electron chi connectivity index (χ2n) is 4.16. The molecule has 0 aromatic carbocycles. The predicted molar refractivity (Wildman–Crippen MR) is 88.0 cm³/mol. The van der Waals surface area contributed by atoms with E-state index >= 15 is 0 Å². The molecule has 0 fully saturated rings. The minimum absolute atomic E-state index is 0.0897. The molecular weight excluding hydrogens is 328 g/mol. The molecule has 1 aromatic rings. The molecular formula is C12H20N4O2S3. The number of rotatable bonds is 9. The molecule has 0 atom stereocenters. The summed E-state index contributed by atoms with van der Waals surface area (Å²) in [5.41, 5.74) is 0. The Morgan fingerprint density at radius 2 is 1.90 bits per heavy atom.